The van der Waals surface area contributed by atoms with Gasteiger partial charge < -0.3 is 25.6 Å². The second-order valence-corrected chi connectivity index (χ2v) is 8.90. The van der Waals surface area contributed by atoms with Crippen molar-refractivity contribution < 1.29 is 19.1 Å². The summed E-state index contributed by atoms with van der Waals surface area (Å²) < 4.78 is 4.92. The van der Waals surface area contributed by atoms with E-state index in [1.54, 1.807) is 0 Å². The minimum atomic E-state index is -0.637. The Hall–Kier alpha value is -2.65. The Morgan fingerprint density at radius 3 is 2.56 bits per heavy atom. The van der Waals surface area contributed by atoms with E-state index in [1.165, 1.54) is 12.7 Å². The minimum Gasteiger partial charge on any atom is -0.375 e. The number of rotatable bonds is 8. The van der Waals surface area contributed by atoms with E-state index in [1.807, 2.05) is 36.9 Å². The molecule has 3 rings (SSSR count). The Balaban J connectivity index is 1.69. The maximum atomic E-state index is 13.3. The van der Waals surface area contributed by atoms with E-state index in [0.29, 0.717) is 26.1 Å². The maximum absolute atomic E-state index is 13.3. The molecule has 4 amide bonds. The Labute approximate surface area is 189 Å². The predicted octanol–water partition coefficient (Wildman–Crippen LogP) is 0.353. The highest BCUT2D eigenvalue weighted by atomic mass is 16.5. The minimum absolute atomic E-state index is 0.00745. The number of hydrogen-bond acceptors (Lipinski definition) is 5. The molecule has 0 aliphatic carbocycles. The monoisotopic (exact) mass is 445 g/mol. The predicted molar refractivity (Wildman–Crippen MR) is 121 cm³/mol. The molecule has 1 aromatic rings. The van der Waals surface area contributed by atoms with Gasteiger partial charge in [-0.3, -0.25) is 14.5 Å². The average molecular weight is 446 g/mol. The van der Waals surface area contributed by atoms with Crippen LogP contribution >= 0.6 is 0 Å². The number of nitrogens with zero attached hydrogens (tertiary/aromatic N) is 2. The fourth-order valence-electron chi connectivity index (χ4n) is 4.45. The molecule has 9 nitrogen and oxygen atoms in total. The Morgan fingerprint density at radius 1 is 1.12 bits per heavy atom. The van der Waals surface area contributed by atoms with Crippen LogP contribution in [-0.2, 0) is 20.7 Å². The van der Waals surface area contributed by atoms with Gasteiger partial charge in [-0.1, -0.05) is 30.3 Å². The molecule has 2 heterocycles. The van der Waals surface area contributed by atoms with Gasteiger partial charge in [-0.15, -0.1) is 0 Å². The standard InChI is InChI=1S/C23H35N5O4/c1-16(2)24-23(31)25-18-11-19-13-27(10-9-17-7-5-4-6-8-17)14-20(22(30)28(19)12-18)26-21(29)15-32-3/h4-8,16,18-20H,9-15H2,1-3H3,(H,26,29)(H2,24,25,31)/t18-,19-,20-/m0/s1. The van der Waals surface area contributed by atoms with Gasteiger partial charge in [0.05, 0.1) is 6.04 Å². The Morgan fingerprint density at radius 2 is 1.88 bits per heavy atom. The zero-order valence-corrected chi connectivity index (χ0v) is 19.2. The highest BCUT2D eigenvalue weighted by molar-refractivity contribution is 5.89. The van der Waals surface area contributed by atoms with Crippen LogP contribution in [0.4, 0.5) is 4.79 Å². The van der Waals surface area contributed by atoms with Crippen molar-refractivity contribution in [1.29, 1.82) is 0 Å². The highest BCUT2D eigenvalue weighted by Crippen LogP contribution is 2.23. The van der Waals surface area contributed by atoms with Crippen LogP contribution in [0.25, 0.3) is 0 Å². The van der Waals surface area contributed by atoms with Gasteiger partial charge >= 0.3 is 6.03 Å². The van der Waals surface area contributed by atoms with Gasteiger partial charge in [0.25, 0.3) is 0 Å². The maximum Gasteiger partial charge on any atom is 0.315 e. The molecular weight excluding hydrogens is 410 g/mol. The summed E-state index contributed by atoms with van der Waals surface area (Å²) >= 11 is 0. The summed E-state index contributed by atoms with van der Waals surface area (Å²) in [6.45, 7) is 6.12. The van der Waals surface area contributed by atoms with Crippen LogP contribution in [-0.4, -0.2) is 91.7 Å². The molecule has 0 unspecified atom stereocenters. The van der Waals surface area contributed by atoms with Crippen molar-refractivity contribution in [3.8, 4) is 0 Å². The van der Waals surface area contributed by atoms with Gasteiger partial charge in [-0.2, -0.15) is 0 Å². The molecule has 0 radical (unpaired) electrons. The summed E-state index contributed by atoms with van der Waals surface area (Å²) in [5.74, 6) is -0.410. The van der Waals surface area contributed by atoms with Crippen LogP contribution in [0, 0.1) is 0 Å². The van der Waals surface area contributed by atoms with Gasteiger partial charge in [0.15, 0.2) is 0 Å². The lowest BCUT2D eigenvalue weighted by molar-refractivity contribution is -0.137. The van der Waals surface area contributed by atoms with Gasteiger partial charge in [-0.05, 0) is 32.3 Å². The number of hydrogen-bond donors (Lipinski definition) is 3. The van der Waals surface area contributed by atoms with Gasteiger partial charge in [0, 0.05) is 45.4 Å². The third-order valence-electron chi connectivity index (χ3n) is 5.83. The van der Waals surface area contributed by atoms with Gasteiger partial charge in [0.1, 0.15) is 12.6 Å². The quantitative estimate of drug-likeness (QED) is 0.536. The number of urea groups is 1. The van der Waals surface area contributed by atoms with Crippen LogP contribution in [0.2, 0.25) is 0 Å². The van der Waals surface area contributed by atoms with Crippen LogP contribution in [0.3, 0.4) is 0 Å². The molecule has 0 saturated carbocycles. The second kappa shape index (κ2) is 11.3. The smallest absolute Gasteiger partial charge is 0.315 e. The molecule has 9 heteroatoms. The third kappa shape index (κ3) is 6.67. The molecule has 0 spiro atoms. The van der Waals surface area contributed by atoms with Crippen molar-refractivity contribution >= 4 is 17.8 Å². The number of benzene rings is 1. The molecule has 176 valence electrons. The first-order chi connectivity index (χ1) is 15.4. The topological polar surface area (TPSA) is 103 Å². The number of fused-ring (bicyclic) bond motifs is 1. The van der Waals surface area contributed by atoms with Crippen LogP contribution < -0.4 is 16.0 Å². The highest BCUT2D eigenvalue weighted by Gasteiger charge is 2.42. The van der Waals surface area contributed by atoms with Crippen LogP contribution in [0.15, 0.2) is 30.3 Å². The average Bonchev–Trinajstić information content (AvgIpc) is 3.08. The number of amides is 4. The zero-order valence-electron chi connectivity index (χ0n) is 19.2. The van der Waals surface area contributed by atoms with Gasteiger partial charge in [-0.25, -0.2) is 4.79 Å². The van der Waals surface area contributed by atoms with E-state index in [9.17, 15) is 14.4 Å². The summed E-state index contributed by atoms with van der Waals surface area (Å²) in [6.07, 6.45) is 1.55. The lowest BCUT2D eigenvalue weighted by atomic mass is 10.1. The van der Waals surface area contributed by atoms with E-state index >= 15 is 0 Å². The molecule has 1 aromatic carbocycles. The Bertz CT molecular complexity index is 788. The number of methoxy groups -OCH3 is 1. The summed E-state index contributed by atoms with van der Waals surface area (Å²) in [6, 6.07) is 9.28. The van der Waals surface area contributed by atoms with Crippen LogP contribution in [0.1, 0.15) is 25.8 Å². The summed E-state index contributed by atoms with van der Waals surface area (Å²) in [5.41, 5.74) is 1.23. The van der Waals surface area contributed by atoms with Gasteiger partial charge in [0.2, 0.25) is 11.8 Å². The molecule has 2 saturated heterocycles. The first-order valence-corrected chi connectivity index (χ1v) is 11.3. The van der Waals surface area contributed by atoms with E-state index in [0.717, 1.165) is 13.0 Å². The fraction of sp³-hybridized carbons (Fsp3) is 0.609. The van der Waals surface area contributed by atoms with Crippen molar-refractivity contribution in [2.75, 3.05) is 39.9 Å². The van der Waals surface area contributed by atoms with Crippen molar-refractivity contribution in [1.82, 2.24) is 25.8 Å². The second-order valence-electron chi connectivity index (χ2n) is 8.90. The first kappa shape index (κ1) is 24.0. The van der Waals surface area contributed by atoms with Crippen molar-refractivity contribution in [3.05, 3.63) is 35.9 Å². The normalized spacial score (nSPS) is 23.6. The largest absolute Gasteiger partial charge is 0.375 e. The molecule has 0 bridgehead atoms. The summed E-state index contributed by atoms with van der Waals surface area (Å²) in [7, 11) is 1.45. The lowest BCUT2D eigenvalue weighted by Crippen LogP contribution is -2.52. The van der Waals surface area contributed by atoms with E-state index in [2.05, 4.69) is 33.0 Å². The molecule has 2 aliphatic heterocycles. The number of carbonyl (C=O) groups is 3. The fourth-order valence-corrected chi connectivity index (χ4v) is 4.45. The van der Waals surface area contributed by atoms with E-state index < -0.39 is 6.04 Å². The third-order valence-corrected chi connectivity index (χ3v) is 5.83. The molecule has 32 heavy (non-hydrogen) atoms. The Kier molecular flexibility index (Phi) is 8.46. The summed E-state index contributed by atoms with van der Waals surface area (Å²) in [4.78, 5) is 41.7. The van der Waals surface area contributed by atoms with Crippen LogP contribution in [0.5, 0.6) is 0 Å². The molecule has 3 atom stereocenters. The van der Waals surface area contributed by atoms with E-state index in [-0.39, 0.29) is 42.6 Å². The lowest BCUT2D eigenvalue weighted by Gasteiger charge is -2.25. The summed E-state index contributed by atoms with van der Waals surface area (Å²) in [5, 5.41) is 8.66. The molecular formula is C23H35N5O4. The number of nitrogens with one attached hydrogen (secondary N) is 3. The molecule has 2 aliphatic rings. The van der Waals surface area contributed by atoms with Crippen molar-refractivity contribution in [2.24, 2.45) is 0 Å². The van der Waals surface area contributed by atoms with E-state index in [4.69, 9.17) is 4.74 Å². The number of ether oxygens (including phenoxy) is 1. The molecule has 0 aromatic heterocycles. The zero-order chi connectivity index (χ0) is 23.1. The van der Waals surface area contributed by atoms with Crippen molar-refractivity contribution in [2.45, 2.75) is 50.9 Å². The number of carbonyl (C=O) groups excluding carboxylic acids is 3. The SMILES string of the molecule is COCC(=O)N[C@H]1CN(CCc2ccccc2)C[C@@H]2C[C@H](NC(=O)NC(C)C)CN2C1=O. The first-order valence-electron chi connectivity index (χ1n) is 11.3. The molecule has 2 fully saturated rings. The molecule has 3 N–H and O–H groups in total. The van der Waals surface area contributed by atoms with Crippen molar-refractivity contribution in [3.63, 3.8) is 0 Å².